The van der Waals surface area contributed by atoms with Crippen molar-refractivity contribution in [3.63, 3.8) is 0 Å². The lowest BCUT2D eigenvalue weighted by atomic mass is 9.86. The first-order valence-corrected chi connectivity index (χ1v) is 8.17. The first kappa shape index (κ1) is 15.2. The highest BCUT2D eigenvalue weighted by Crippen LogP contribution is 2.26. The molecule has 3 rings (SSSR count). The molecule has 0 bridgehead atoms. The van der Waals surface area contributed by atoms with Crippen LogP contribution in [0.15, 0.2) is 24.3 Å². The summed E-state index contributed by atoms with van der Waals surface area (Å²) in [4.78, 5) is 7.21. The Bertz CT molecular complexity index is 645. The van der Waals surface area contributed by atoms with E-state index in [1.807, 2.05) is 11.7 Å². The lowest BCUT2D eigenvalue weighted by Gasteiger charge is -2.19. The Morgan fingerprint density at radius 1 is 1.14 bits per heavy atom. The highest BCUT2D eigenvalue weighted by Gasteiger charge is 2.18. The van der Waals surface area contributed by atoms with Gasteiger partial charge < -0.3 is 0 Å². The maximum Gasteiger partial charge on any atom is 0.165 e. The third-order valence-electron chi connectivity index (χ3n) is 4.36. The molecule has 118 valence electrons. The summed E-state index contributed by atoms with van der Waals surface area (Å²) in [6.07, 6.45) is 2.60. The van der Waals surface area contributed by atoms with Crippen LogP contribution in [-0.4, -0.2) is 32.8 Å². The van der Waals surface area contributed by atoms with Crippen molar-refractivity contribution >= 4 is 0 Å². The van der Waals surface area contributed by atoms with Crippen LogP contribution < -0.4 is 0 Å². The van der Waals surface area contributed by atoms with Gasteiger partial charge in [0, 0.05) is 12.6 Å². The van der Waals surface area contributed by atoms with E-state index in [0.717, 1.165) is 23.8 Å². The first-order chi connectivity index (χ1) is 10.4. The summed E-state index contributed by atoms with van der Waals surface area (Å²) in [5, 5.41) is 4.61. The van der Waals surface area contributed by atoms with Crippen LogP contribution >= 0.6 is 0 Å². The molecule has 0 aliphatic carbocycles. The third kappa shape index (κ3) is 3.22. The maximum atomic E-state index is 4.78. The van der Waals surface area contributed by atoms with E-state index in [1.165, 1.54) is 31.5 Å². The molecule has 4 nitrogen and oxygen atoms in total. The Morgan fingerprint density at radius 3 is 2.55 bits per heavy atom. The molecule has 0 amide bonds. The van der Waals surface area contributed by atoms with Gasteiger partial charge in [0.05, 0.1) is 6.54 Å². The van der Waals surface area contributed by atoms with Gasteiger partial charge >= 0.3 is 0 Å². The van der Waals surface area contributed by atoms with Gasteiger partial charge in [0.2, 0.25) is 0 Å². The lowest BCUT2D eigenvalue weighted by Crippen LogP contribution is -2.19. The van der Waals surface area contributed by atoms with E-state index in [2.05, 4.69) is 55.0 Å². The molecule has 22 heavy (non-hydrogen) atoms. The Labute approximate surface area is 133 Å². The number of aryl methyl sites for hydroxylation is 1. The van der Waals surface area contributed by atoms with Crippen molar-refractivity contribution in [2.75, 3.05) is 13.1 Å². The number of benzene rings is 1. The highest BCUT2D eigenvalue weighted by atomic mass is 15.3. The van der Waals surface area contributed by atoms with Crippen LogP contribution in [0.1, 0.15) is 45.0 Å². The maximum absolute atomic E-state index is 4.78. The van der Waals surface area contributed by atoms with E-state index < -0.39 is 0 Å². The number of rotatable bonds is 3. The molecule has 0 atom stereocenters. The van der Waals surface area contributed by atoms with Gasteiger partial charge in [-0.25, -0.2) is 9.67 Å². The molecule has 1 aromatic carbocycles. The van der Waals surface area contributed by atoms with Crippen LogP contribution in [-0.2, 0) is 19.0 Å². The topological polar surface area (TPSA) is 34.0 Å². The molecule has 0 unspecified atom stereocenters. The van der Waals surface area contributed by atoms with Gasteiger partial charge in [0.15, 0.2) is 11.6 Å². The molecular formula is C18H26N4. The Kier molecular flexibility index (Phi) is 4.04. The second-order valence-electron chi connectivity index (χ2n) is 7.29. The average Bonchev–Trinajstić information content (AvgIpc) is 3.08. The van der Waals surface area contributed by atoms with Gasteiger partial charge in [-0.15, -0.1) is 0 Å². The smallest absolute Gasteiger partial charge is 0.165 e. The van der Waals surface area contributed by atoms with Crippen molar-refractivity contribution < 1.29 is 0 Å². The molecule has 1 fully saturated rings. The van der Waals surface area contributed by atoms with Crippen molar-refractivity contribution in [1.82, 2.24) is 19.7 Å². The summed E-state index contributed by atoms with van der Waals surface area (Å²) in [7, 11) is 1.99. The molecule has 1 aliphatic rings. The second-order valence-corrected chi connectivity index (χ2v) is 7.29. The molecule has 0 spiro atoms. The van der Waals surface area contributed by atoms with Crippen molar-refractivity contribution in [3.05, 3.63) is 35.7 Å². The molecule has 1 aliphatic heterocycles. The molecular weight excluding hydrogens is 272 g/mol. The molecule has 4 heteroatoms. The van der Waals surface area contributed by atoms with Crippen LogP contribution in [0.25, 0.3) is 11.4 Å². The molecule has 2 heterocycles. The zero-order valence-electron chi connectivity index (χ0n) is 14.1. The van der Waals surface area contributed by atoms with Crippen LogP contribution in [0.5, 0.6) is 0 Å². The normalized spacial score (nSPS) is 16.4. The fraction of sp³-hybridized carbons (Fsp3) is 0.556. The van der Waals surface area contributed by atoms with Gasteiger partial charge in [-0.3, -0.25) is 4.90 Å². The largest absolute Gasteiger partial charge is 0.296 e. The first-order valence-electron chi connectivity index (χ1n) is 8.17. The SMILES string of the molecule is Cn1nc(CN2CCCC2)nc1-c1cccc(C(C)(C)C)c1. The fourth-order valence-electron chi connectivity index (χ4n) is 3.02. The molecule has 0 saturated carbocycles. The molecule has 1 aromatic heterocycles. The summed E-state index contributed by atoms with van der Waals surface area (Å²) in [5.74, 6) is 1.89. The summed E-state index contributed by atoms with van der Waals surface area (Å²) in [6, 6.07) is 8.66. The Hall–Kier alpha value is -1.68. The second kappa shape index (κ2) is 5.84. The van der Waals surface area contributed by atoms with Crippen molar-refractivity contribution in [1.29, 1.82) is 0 Å². The van der Waals surface area contributed by atoms with Crippen molar-refractivity contribution in [2.45, 2.75) is 45.6 Å². The summed E-state index contributed by atoms with van der Waals surface area (Å²) in [6.45, 7) is 9.93. The van der Waals surface area contributed by atoms with Crippen LogP contribution in [0.2, 0.25) is 0 Å². The number of hydrogen-bond acceptors (Lipinski definition) is 3. The van der Waals surface area contributed by atoms with Crippen molar-refractivity contribution in [3.8, 4) is 11.4 Å². The molecule has 1 saturated heterocycles. The van der Waals surface area contributed by atoms with Crippen molar-refractivity contribution in [2.24, 2.45) is 7.05 Å². The van der Waals surface area contributed by atoms with Crippen LogP contribution in [0.3, 0.4) is 0 Å². The van der Waals surface area contributed by atoms with Gasteiger partial charge in [0.1, 0.15) is 0 Å². The average molecular weight is 298 g/mol. The minimum absolute atomic E-state index is 0.146. The Morgan fingerprint density at radius 2 is 1.86 bits per heavy atom. The van der Waals surface area contributed by atoms with Gasteiger partial charge in [-0.05, 0) is 43.0 Å². The lowest BCUT2D eigenvalue weighted by molar-refractivity contribution is 0.322. The number of aromatic nitrogens is 3. The predicted octanol–water partition coefficient (Wildman–Crippen LogP) is 3.38. The number of hydrogen-bond donors (Lipinski definition) is 0. The molecule has 2 aromatic rings. The predicted molar refractivity (Wildman–Crippen MR) is 89.7 cm³/mol. The fourth-order valence-corrected chi connectivity index (χ4v) is 3.02. The van der Waals surface area contributed by atoms with E-state index in [0.29, 0.717) is 0 Å². The van der Waals surface area contributed by atoms with E-state index in [1.54, 1.807) is 0 Å². The minimum Gasteiger partial charge on any atom is -0.296 e. The van der Waals surface area contributed by atoms with E-state index in [-0.39, 0.29) is 5.41 Å². The summed E-state index contributed by atoms with van der Waals surface area (Å²) >= 11 is 0. The summed E-state index contributed by atoms with van der Waals surface area (Å²) < 4.78 is 1.91. The molecule has 0 N–H and O–H groups in total. The van der Waals surface area contributed by atoms with Gasteiger partial charge in [-0.1, -0.05) is 39.0 Å². The van der Waals surface area contributed by atoms with E-state index in [9.17, 15) is 0 Å². The number of likely N-dealkylation sites (tertiary alicyclic amines) is 1. The zero-order valence-corrected chi connectivity index (χ0v) is 14.1. The van der Waals surface area contributed by atoms with E-state index in [4.69, 9.17) is 4.98 Å². The highest BCUT2D eigenvalue weighted by molar-refractivity contribution is 5.57. The summed E-state index contributed by atoms with van der Waals surface area (Å²) in [5.41, 5.74) is 2.62. The third-order valence-corrected chi connectivity index (χ3v) is 4.36. The number of nitrogens with zero attached hydrogens (tertiary/aromatic N) is 4. The standard InChI is InChI=1S/C18H26N4/c1-18(2,3)15-9-7-8-14(12-15)17-19-16(20-21(17)4)13-22-10-5-6-11-22/h7-9,12H,5-6,10-11,13H2,1-4H3. The van der Waals surface area contributed by atoms with Gasteiger partial charge in [-0.2, -0.15) is 5.10 Å². The van der Waals surface area contributed by atoms with Gasteiger partial charge in [0.25, 0.3) is 0 Å². The van der Waals surface area contributed by atoms with Crippen LogP contribution in [0, 0.1) is 0 Å². The molecule has 0 radical (unpaired) electrons. The van der Waals surface area contributed by atoms with E-state index >= 15 is 0 Å². The van der Waals surface area contributed by atoms with Crippen LogP contribution in [0.4, 0.5) is 0 Å². The Balaban J connectivity index is 1.87. The zero-order chi connectivity index (χ0) is 15.7. The minimum atomic E-state index is 0.146. The quantitative estimate of drug-likeness (QED) is 0.871. The monoisotopic (exact) mass is 298 g/mol.